The van der Waals surface area contributed by atoms with Gasteiger partial charge in [-0.05, 0) is 24.5 Å². The third-order valence-electron chi connectivity index (χ3n) is 3.17. The summed E-state index contributed by atoms with van der Waals surface area (Å²) in [6, 6.07) is 12.4. The number of hydrogen-bond acceptors (Lipinski definition) is 4. The lowest BCUT2D eigenvalue weighted by atomic mass is 10.1. The molecule has 100 valence electrons. The van der Waals surface area contributed by atoms with E-state index in [1.807, 2.05) is 19.2 Å². The molecule has 4 nitrogen and oxygen atoms in total. The second-order valence-corrected chi connectivity index (χ2v) is 4.59. The molecule has 0 aliphatic carbocycles. The molecule has 0 amide bonds. The molecule has 0 fully saturated rings. The fraction of sp³-hybridized carbons (Fsp3) is 0.333. The van der Waals surface area contributed by atoms with Gasteiger partial charge in [0, 0.05) is 25.7 Å². The van der Waals surface area contributed by atoms with Crippen LogP contribution in [0.15, 0.2) is 42.6 Å². The van der Waals surface area contributed by atoms with Gasteiger partial charge in [0.15, 0.2) is 5.82 Å². The van der Waals surface area contributed by atoms with Gasteiger partial charge < -0.3 is 10.6 Å². The van der Waals surface area contributed by atoms with Crippen LogP contribution in [0.1, 0.15) is 17.5 Å². The van der Waals surface area contributed by atoms with Crippen molar-refractivity contribution in [2.45, 2.75) is 19.4 Å². The topological polar surface area (TPSA) is 55.0 Å². The Kier molecular flexibility index (Phi) is 4.86. The first-order chi connectivity index (χ1) is 9.31. The Morgan fingerprint density at radius 3 is 2.68 bits per heavy atom. The Balaban J connectivity index is 1.89. The van der Waals surface area contributed by atoms with E-state index < -0.39 is 0 Å². The molecule has 1 aromatic heterocycles. The van der Waals surface area contributed by atoms with Gasteiger partial charge in [-0.1, -0.05) is 30.3 Å². The summed E-state index contributed by atoms with van der Waals surface area (Å²) in [7, 11) is 2.04. The van der Waals surface area contributed by atoms with Gasteiger partial charge in [0.1, 0.15) is 0 Å². The molecule has 2 N–H and O–H groups in total. The quantitative estimate of drug-likeness (QED) is 0.859. The van der Waals surface area contributed by atoms with E-state index in [9.17, 15) is 0 Å². The molecule has 0 unspecified atom stereocenters. The second-order valence-electron chi connectivity index (χ2n) is 4.59. The molecule has 0 spiro atoms. The molecular formula is C15H20N4. The van der Waals surface area contributed by atoms with Crippen molar-refractivity contribution in [1.82, 2.24) is 10.2 Å². The molecule has 0 saturated heterocycles. The Hall–Kier alpha value is -1.94. The van der Waals surface area contributed by atoms with E-state index in [-0.39, 0.29) is 0 Å². The maximum absolute atomic E-state index is 5.71. The first kappa shape index (κ1) is 13.5. The number of nitrogens with two attached hydrogens (primary N) is 1. The van der Waals surface area contributed by atoms with E-state index in [1.54, 1.807) is 6.20 Å². The lowest BCUT2D eigenvalue weighted by molar-refractivity contribution is 0.762. The van der Waals surface area contributed by atoms with Gasteiger partial charge in [-0.2, -0.15) is 5.10 Å². The molecule has 2 aromatic rings. The van der Waals surface area contributed by atoms with Gasteiger partial charge >= 0.3 is 0 Å². The standard InChI is InChI=1S/C15H20N4/c1-19(15-14(12-16)9-10-17-18-15)11-5-8-13-6-3-2-4-7-13/h2-4,6-7,9-10H,5,8,11-12,16H2,1H3. The van der Waals surface area contributed by atoms with Crippen LogP contribution in [-0.4, -0.2) is 23.8 Å². The lowest BCUT2D eigenvalue weighted by Crippen LogP contribution is -2.22. The normalized spacial score (nSPS) is 10.4. The van der Waals surface area contributed by atoms with Crippen LogP contribution in [0.2, 0.25) is 0 Å². The van der Waals surface area contributed by atoms with Crippen LogP contribution in [0.3, 0.4) is 0 Å². The molecular weight excluding hydrogens is 236 g/mol. The number of aromatic nitrogens is 2. The molecule has 0 aliphatic rings. The van der Waals surface area contributed by atoms with Crippen molar-refractivity contribution in [3.05, 3.63) is 53.7 Å². The fourth-order valence-corrected chi connectivity index (χ4v) is 2.10. The van der Waals surface area contributed by atoms with Gasteiger partial charge in [-0.15, -0.1) is 5.10 Å². The van der Waals surface area contributed by atoms with Crippen molar-refractivity contribution in [3.63, 3.8) is 0 Å². The molecule has 1 heterocycles. The van der Waals surface area contributed by atoms with Crippen LogP contribution in [0.25, 0.3) is 0 Å². The molecule has 0 bridgehead atoms. The maximum Gasteiger partial charge on any atom is 0.155 e. The number of hydrogen-bond donors (Lipinski definition) is 1. The van der Waals surface area contributed by atoms with Gasteiger partial charge in [-0.25, -0.2) is 0 Å². The number of benzene rings is 1. The van der Waals surface area contributed by atoms with Crippen LogP contribution >= 0.6 is 0 Å². The van der Waals surface area contributed by atoms with Crippen molar-refractivity contribution in [2.24, 2.45) is 5.73 Å². The molecule has 4 heteroatoms. The van der Waals surface area contributed by atoms with Crippen molar-refractivity contribution >= 4 is 5.82 Å². The third-order valence-corrected chi connectivity index (χ3v) is 3.17. The third kappa shape index (κ3) is 3.76. The zero-order valence-electron chi connectivity index (χ0n) is 11.3. The van der Waals surface area contributed by atoms with Crippen LogP contribution in [0, 0.1) is 0 Å². The minimum absolute atomic E-state index is 0.494. The highest BCUT2D eigenvalue weighted by molar-refractivity contribution is 5.44. The predicted octanol–water partition coefficient (Wildman–Crippen LogP) is 2.00. The van der Waals surface area contributed by atoms with Crippen molar-refractivity contribution < 1.29 is 0 Å². The number of nitrogens with zero attached hydrogens (tertiary/aromatic N) is 3. The van der Waals surface area contributed by atoms with Crippen molar-refractivity contribution in [3.8, 4) is 0 Å². The molecule has 1 aromatic carbocycles. The first-order valence-corrected chi connectivity index (χ1v) is 6.57. The van der Waals surface area contributed by atoms with E-state index >= 15 is 0 Å². The van der Waals surface area contributed by atoms with Gasteiger partial charge in [0.05, 0.1) is 6.20 Å². The van der Waals surface area contributed by atoms with Crippen molar-refractivity contribution in [2.75, 3.05) is 18.5 Å². The molecule has 0 aliphatic heterocycles. The summed E-state index contributed by atoms with van der Waals surface area (Å²) in [4.78, 5) is 2.12. The number of anilines is 1. The van der Waals surface area contributed by atoms with Gasteiger partial charge in [0.2, 0.25) is 0 Å². The average Bonchev–Trinajstić information content (AvgIpc) is 2.48. The van der Waals surface area contributed by atoms with E-state index in [2.05, 4.69) is 39.4 Å². The van der Waals surface area contributed by atoms with E-state index in [1.165, 1.54) is 5.56 Å². The summed E-state index contributed by atoms with van der Waals surface area (Å²) in [5.41, 5.74) is 8.12. The zero-order chi connectivity index (χ0) is 13.5. The Bertz CT molecular complexity index is 499. The summed E-state index contributed by atoms with van der Waals surface area (Å²) in [5.74, 6) is 0.887. The molecule has 0 atom stereocenters. The summed E-state index contributed by atoms with van der Waals surface area (Å²) in [5, 5.41) is 8.10. The summed E-state index contributed by atoms with van der Waals surface area (Å²) < 4.78 is 0. The largest absolute Gasteiger partial charge is 0.358 e. The highest BCUT2D eigenvalue weighted by Crippen LogP contribution is 2.14. The smallest absolute Gasteiger partial charge is 0.155 e. The highest BCUT2D eigenvalue weighted by atomic mass is 15.2. The molecule has 0 saturated carbocycles. The van der Waals surface area contributed by atoms with Gasteiger partial charge in [0.25, 0.3) is 0 Å². The van der Waals surface area contributed by atoms with Crippen LogP contribution in [0.5, 0.6) is 0 Å². The second kappa shape index (κ2) is 6.85. The molecule has 19 heavy (non-hydrogen) atoms. The predicted molar refractivity (Wildman–Crippen MR) is 78.0 cm³/mol. The number of aryl methyl sites for hydroxylation is 1. The Labute approximate surface area is 114 Å². The van der Waals surface area contributed by atoms with Crippen molar-refractivity contribution in [1.29, 1.82) is 0 Å². The minimum Gasteiger partial charge on any atom is -0.358 e. The Morgan fingerprint density at radius 2 is 1.95 bits per heavy atom. The van der Waals surface area contributed by atoms with Crippen LogP contribution in [0.4, 0.5) is 5.82 Å². The monoisotopic (exact) mass is 256 g/mol. The summed E-state index contributed by atoms with van der Waals surface area (Å²) in [6.45, 7) is 1.44. The molecule has 0 radical (unpaired) electrons. The number of rotatable bonds is 6. The fourth-order valence-electron chi connectivity index (χ4n) is 2.10. The van der Waals surface area contributed by atoms with E-state index in [0.29, 0.717) is 6.54 Å². The summed E-state index contributed by atoms with van der Waals surface area (Å²) >= 11 is 0. The minimum atomic E-state index is 0.494. The van der Waals surface area contributed by atoms with E-state index in [4.69, 9.17) is 5.73 Å². The lowest BCUT2D eigenvalue weighted by Gasteiger charge is -2.19. The van der Waals surface area contributed by atoms with Gasteiger partial charge in [-0.3, -0.25) is 0 Å². The van der Waals surface area contributed by atoms with Crippen LogP contribution < -0.4 is 10.6 Å². The highest BCUT2D eigenvalue weighted by Gasteiger charge is 2.07. The van der Waals surface area contributed by atoms with E-state index in [0.717, 1.165) is 30.8 Å². The Morgan fingerprint density at radius 1 is 1.16 bits per heavy atom. The average molecular weight is 256 g/mol. The van der Waals surface area contributed by atoms with Crippen LogP contribution in [-0.2, 0) is 13.0 Å². The zero-order valence-corrected chi connectivity index (χ0v) is 11.3. The maximum atomic E-state index is 5.71. The first-order valence-electron chi connectivity index (χ1n) is 6.57. The molecule has 2 rings (SSSR count). The summed E-state index contributed by atoms with van der Waals surface area (Å²) in [6.07, 6.45) is 3.84. The SMILES string of the molecule is CN(CCCc1ccccc1)c1nnccc1CN.